The van der Waals surface area contributed by atoms with E-state index in [1.807, 2.05) is 86.6 Å². The minimum absolute atomic E-state index is 0.0782. The molecule has 0 spiro atoms. The van der Waals surface area contributed by atoms with Gasteiger partial charge in [0.25, 0.3) is 5.91 Å². The zero-order chi connectivity index (χ0) is 31.0. The summed E-state index contributed by atoms with van der Waals surface area (Å²) in [6.45, 7) is 4.19. The van der Waals surface area contributed by atoms with Crippen LogP contribution < -0.4 is 21.3 Å². The molecule has 43 heavy (non-hydrogen) atoms. The Labute approximate surface area is 256 Å². The van der Waals surface area contributed by atoms with Crippen LogP contribution >= 0.6 is 11.8 Å². The average molecular weight is 606 g/mol. The second-order valence-corrected chi connectivity index (χ2v) is 12.2. The highest BCUT2D eigenvalue weighted by Gasteiger charge is 2.33. The van der Waals surface area contributed by atoms with Crippen molar-refractivity contribution in [3.05, 3.63) is 83.9 Å². The lowest BCUT2D eigenvalue weighted by molar-refractivity contribution is -0.135. The van der Waals surface area contributed by atoms with Crippen molar-refractivity contribution in [1.29, 1.82) is 0 Å². The molecule has 1 heterocycles. The predicted molar refractivity (Wildman–Crippen MR) is 168 cm³/mol. The Morgan fingerprint density at radius 3 is 2.47 bits per heavy atom. The van der Waals surface area contributed by atoms with Gasteiger partial charge in [-0.05, 0) is 42.7 Å². The van der Waals surface area contributed by atoms with Gasteiger partial charge in [-0.2, -0.15) is 0 Å². The number of nitrogens with zero attached hydrogens (tertiary/aromatic N) is 1. The van der Waals surface area contributed by atoms with Crippen LogP contribution in [0.5, 0.6) is 0 Å². The lowest BCUT2D eigenvalue weighted by Crippen LogP contribution is -2.50. The standard InChI is InChI=1S/C32H39N5O5S/c1-32(2,34-17-24(39)20-38)16-28(40)36-29-30(41)37(19-23-8-4-7-11-27(23)43-29)18-21-12-14-22(15-13-21)25-9-5-6-10-26(25)35-31(42)33-3/h4-15,24,29,34,38-39H,16-20H2,1-3H3,(H,36,40)(H2,33,35,42)/t24-,29+/m0/s1. The van der Waals surface area contributed by atoms with E-state index in [9.17, 15) is 19.5 Å². The molecule has 3 aromatic carbocycles. The molecule has 0 aromatic heterocycles. The lowest BCUT2D eigenvalue weighted by atomic mass is 10.00. The molecule has 6 N–H and O–H groups in total. The highest BCUT2D eigenvalue weighted by molar-refractivity contribution is 8.00. The molecule has 228 valence electrons. The van der Waals surface area contributed by atoms with Crippen LogP contribution in [0.1, 0.15) is 31.4 Å². The van der Waals surface area contributed by atoms with E-state index in [0.29, 0.717) is 18.8 Å². The Hall–Kier alpha value is -3.90. The number of nitrogens with one attached hydrogen (secondary N) is 4. The summed E-state index contributed by atoms with van der Waals surface area (Å²) in [5.74, 6) is -0.491. The first-order valence-corrected chi connectivity index (χ1v) is 15.0. The lowest BCUT2D eigenvalue weighted by Gasteiger charge is -2.29. The maximum atomic E-state index is 13.8. The Bertz CT molecular complexity index is 1430. The van der Waals surface area contributed by atoms with Crippen molar-refractivity contribution >= 4 is 35.3 Å². The van der Waals surface area contributed by atoms with Gasteiger partial charge < -0.3 is 36.4 Å². The third-order valence-electron chi connectivity index (χ3n) is 7.08. The second kappa shape index (κ2) is 14.5. The number of hydrogen-bond donors (Lipinski definition) is 6. The van der Waals surface area contributed by atoms with Gasteiger partial charge in [-0.3, -0.25) is 9.59 Å². The number of hydrogen-bond acceptors (Lipinski definition) is 7. The molecule has 4 amide bonds. The van der Waals surface area contributed by atoms with E-state index < -0.39 is 17.0 Å². The number of rotatable bonds is 11. The number of para-hydroxylation sites is 1. The number of benzene rings is 3. The third kappa shape index (κ3) is 8.80. The molecule has 0 saturated heterocycles. The summed E-state index contributed by atoms with van der Waals surface area (Å²) in [4.78, 5) is 41.5. The monoisotopic (exact) mass is 605 g/mol. The maximum Gasteiger partial charge on any atom is 0.318 e. The van der Waals surface area contributed by atoms with E-state index in [-0.39, 0.29) is 37.4 Å². The van der Waals surface area contributed by atoms with Gasteiger partial charge in [0.15, 0.2) is 5.37 Å². The SMILES string of the molecule is CNC(=O)Nc1ccccc1-c1ccc(CN2Cc3ccccc3S[C@@H](NC(=O)CC(C)(C)NC[C@H](O)CO)C2=O)cc1. The summed E-state index contributed by atoms with van der Waals surface area (Å²) in [6, 6.07) is 22.9. The van der Waals surface area contributed by atoms with Crippen molar-refractivity contribution in [1.82, 2.24) is 20.9 Å². The molecule has 1 aliphatic heterocycles. The van der Waals surface area contributed by atoms with Crippen molar-refractivity contribution in [3.8, 4) is 11.1 Å². The number of carbonyl (C=O) groups is 3. The highest BCUT2D eigenvalue weighted by Crippen LogP contribution is 2.33. The maximum absolute atomic E-state index is 13.8. The Kier molecular flexibility index (Phi) is 10.8. The van der Waals surface area contributed by atoms with Crippen LogP contribution in [0.3, 0.4) is 0 Å². The van der Waals surface area contributed by atoms with Crippen molar-refractivity contribution < 1.29 is 24.6 Å². The molecule has 0 saturated carbocycles. The van der Waals surface area contributed by atoms with E-state index >= 15 is 0 Å². The summed E-state index contributed by atoms with van der Waals surface area (Å²) in [5.41, 5.74) is 3.76. The number of aliphatic hydroxyl groups is 2. The average Bonchev–Trinajstić information content (AvgIpc) is 3.12. The molecule has 0 bridgehead atoms. The summed E-state index contributed by atoms with van der Waals surface area (Å²) in [7, 11) is 1.56. The largest absolute Gasteiger partial charge is 0.394 e. The first-order valence-electron chi connectivity index (χ1n) is 14.1. The number of aliphatic hydroxyl groups excluding tert-OH is 2. The summed E-state index contributed by atoms with van der Waals surface area (Å²) < 4.78 is 0. The van der Waals surface area contributed by atoms with Crippen LogP contribution in [0.2, 0.25) is 0 Å². The molecular weight excluding hydrogens is 566 g/mol. The predicted octanol–water partition coefficient (Wildman–Crippen LogP) is 3.29. The van der Waals surface area contributed by atoms with E-state index in [2.05, 4.69) is 21.3 Å². The number of carbonyl (C=O) groups excluding carboxylic acids is 3. The van der Waals surface area contributed by atoms with Crippen molar-refractivity contribution in [3.63, 3.8) is 0 Å². The molecule has 10 nitrogen and oxygen atoms in total. The van der Waals surface area contributed by atoms with E-state index in [1.54, 1.807) is 11.9 Å². The number of urea groups is 1. The van der Waals surface area contributed by atoms with Gasteiger partial charge in [-0.25, -0.2) is 4.79 Å². The Balaban J connectivity index is 1.49. The molecule has 11 heteroatoms. The number of fused-ring (bicyclic) bond motifs is 1. The van der Waals surface area contributed by atoms with Crippen LogP contribution in [0.15, 0.2) is 77.7 Å². The quantitative estimate of drug-likeness (QED) is 0.197. The molecular formula is C32H39N5O5S. The Morgan fingerprint density at radius 2 is 1.74 bits per heavy atom. The van der Waals surface area contributed by atoms with E-state index in [0.717, 1.165) is 27.1 Å². The smallest absolute Gasteiger partial charge is 0.318 e. The molecule has 3 aromatic rings. The number of β-amino-alcohol motifs (C(OH)–C–C–N with tert-alkyl or cyclic N) is 1. The van der Waals surface area contributed by atoms with Crippen LogP contribution in [-0.4, -0.2) is 70.2 Å². The summed E-state index contributed by atoms with van der Waals surface area (Å²) in [5, 5.41) is 29.4. The fourth-order valence-electron chi connectivity index (χ4n) is 4.76. The van der Waals surface area contributed by atoms with Crippen molar-refractivity contribution in [2.75, 3.05) is 25.5 Å². The Morgan fingerprint density at radius 1 is 1.05 bits per heavy atom. The molecule has 0 radical (unpaired) electrons. The highest BCUT2D eigenvalue weighted by atomic mass is 32.2. The first-order chi connectivity index (χ1) is 20.6. The topological polar surface area (TPSA) is 143 Å². The molecule has 0 fully saturated rings. The van der Waals surface area contributed by atoms with Crippen LogP contribution in [0.4, 0.5) is 10.5 Å². The molecule has 0 unspecified atom stereocenters. The molecule has 2 atom stereocenters. The minimum Gasteiger partial charge on any atom is -0.394 e. The number of anilines is 1. The molecule has 4 rings (SSSR count). The van der Waals surface area contributed by atoms with Gasteiger partial charge in [0, 0.05) is 49.1 Å². The number of amides is 4. The van der Waals surface area contributed by atoms with E-state index in [1.165, 1.54) is 11.8 Å². The van der Waals surface area contributed by atoms with Crippen LogP contribution in [0.25, 0.3) is 11.1 Å². The van der Waals surface area contributed by atoms with Gasteiger partial charge in [0.05, 0.1) is 18.4 Å². The minimum atomic E-state index is -0.922. The molecule has 1 aliphatic rings. The van der Waals surface area contributed by atoms with Crippen LogP contribution in [0, 0.1) is 0 Å². The zero-order valence-electron chi connectivity index (χ0n) is 24.6. The fraction of sp³-hybridized carbons (Fsp3) is 0.344. The van der Waals surface area contributed by atoms with E-state index in [4.69, 9.17) is 5.11 Å². The summed E-state index contributed by atoms with van der Waals surface area (Å²) in [6.07, 6.45) is -0.844. The first kappa shape index (κ1) is 32.0. The van der Waals surface area contributed by atoms with Crippen LogP contribution in [-0.2, 0) is 22.7 Å². The molecule has 0 aliphatic carbocycles. The van der Waals surface area contributed by atoms with Gasteiger partial charge in [-0.15, -0.1) is 0 Å². The van der Waals surface area contributed by atoms with Crippen molar-refractivity contribution in [2.24, 2.45) is 0 Å². The third-order valence-corrected chi connectivity index (χ3v) is 8.28. The summed E-state index contributed by atoms with van der Waals surface area (Å²) >= 11 is 1.33. The van der Waals surface area contributed by atoms with Gasteiger partial charge in [0.1, 0.15) is 0 Å². The van der Waals surface area contributed by atoms with Crippen molar-refractivity contribution in [2.45, 2.75) is 55.3 Å². The van der Waals surface area contributed by atoms with Gasteiger partial charge in [-0.1, -0.05) is 72.4 Å². The van der Waals surface area contributed by atoms with Gasteiger partial charge >= 0.3 is 6.03 Å². The van der Waals surface area contributed by atoms with Gasteiger partial charge in [0.2, 0.25) is 5.91 Å². The normalized spacial score (nSPS) is 15.7. The number of thioether (sulfide) groups is 1. The second-order valence-electron chi connectivity index (χ2n) is 11.1. The fourth-order valence-corrected chi connectivity index (χ4v) is 5.90. The zero-order valence-corrected chi connectivity index (χ0v) is 25.4.